The summed E-state index contributed by atoms with van der Waals surface area (Å²) in [6.45, 7) is 0.866. The lowest BCUT2D eigenvalue weighted by atomic mass is 9.87. The molecule has 0 radical (unpaired) electrons. The standard InChI is InChI=1S/C27H28Cl2FN3O4S/c28-19-4-3-5-22-24(19)32-26(38-22)31-21-11-6-16(14-20(21)29)15-23(34)27(30,33-12-1-2-13-33)37-18-9-7-17(8-10-18)25(35)36/h3-6,11,14,17-18H,1-2,7-10,12-13,15H2,(H,31,32)(H,35,36). The largest absolute Gasteiger partial charge is 0.481 e. The average Bonchev–Trinajstić information content (AvgIpc) is 3.57. The van der Waals surface area contributed by atoms with Crippen molar-refractivity contribution in [1.29, 1.82) is 0 Å². The molecule has 2 N–H and O–H groups in total. The molecule has 5 rings (SSSR count). The second kappa shape index (κ2) is 11.4. The van der Waals surface area contributed by atoms with E-state index in [4.69, 9.17) is 27.9 Å². The smallest absolute Gasteiger partial charge is 0.330 e. The van der Waals surface area contributed by atoms with Crippen LogP contribution < -0.4 is 5.32 Å². The third kappa shape index (κ3) is 5.82. The molecule has 1 atom stereocenters. The number of halogens is 3. The van der Waals surface area contributed by atoms with E-state index in [1.54, 1.807) is 24.3 Å². The minimum Gasteiger partial charge on any atom is -0.481 e. The second-order valence-electron chi connectivity index (χ2n) is 9.83. The van der Waals surface area contributed by atoms with E-state index in [0.717, 1.165) is 17.5 Å². The summed E-state index contributed by atoms with van der Waals surface area (Å²) in [6.07, 6.45) is 2.53. The molecule has 0 amide bonds. The van der Waals surface area contributed by atoms with Gasteiger partial charge in [0.2, 0.25) is 5.78 Å². The van der Waals surface area contributed by atoms with E-state index in [2.05, 4.69) is 10.3 Å². The van der Waals surface area contributed by atoms with Gasteiger partial charge in [-0.2, -0.15) is 4.39 Å². The van der Waals surface area contributed by atoms with Crippen molar-refractivity contribution in [3.8, 4) is 0 Å². The fourth-order valence-electron chi connectivity index (χ4n) is 5.12. The molecule has 2 aliphatic rings. The lowest BCUT2D eigenvalue weighted by Gasteiger charge is -2.37. The molecule has 1 aliphatic heterocycles. The van der Waals surface area contributed by atoms with Gasteiger partial charge in [-0.15, -0.1) is 0 Å². The first-order chi connectivity index (χ1) is 18.2. The number of hydrogen-bond donors (Lipinski definition) is 2. The highest BCUT2D eigenvalue weighted by Crippen LogP contribution is 2.36. The third-order valence-electron chi connectivity index (χ3n) is 7.21. The molecular weight excluding hydrogens is 552 g/mol. The van der Waals surface area contributed by atoms with Crippen LogP contribution in [0.25, 0.3) is 10.2 Å². The monoisotopic (exact) mass is 579 g/mol. The number of anilines is 2. The van der Waals surface area contributed by atoms with Gasteiger partial charge in [0.15, 0.2) is 5.13 Å². The van der Waals surface area contributed by atoms with Gasteiger partial charge in [-0.3, -0.25) is 9.59 Å². The fraction of sp³-hybridized carbons (Fsp3) is 0.444. The molecule has 0 bridgehead atoms. The highest BCUT2D eigenvalue weighted by Gasteiger charge is 2.48. The molecule has 1 aromatic heterocycles. The van der Waals surface area contributed by atoms with E-state index in [1.165, 1.54) is 16.2 Å². The lowest BCUT2D eigenvalue weighted by Crippen LogP contribution is -2.54. The Hall–Kier alpha value is -2.30. The molecule has 7 nitrogen and oxygen atoms in total. The van der Waals surface area contributed by atoms with Crippen LogP contribution in [0.5, 0.6) is 0 Å². The summed E-state index contributed by atoms with van der Waals surface area (Å²) < 4.78 is 23.2. The van der Waals surface area contributed by atoms with E-state index >= 15 is 4.39 Å². The van der Waals surface area contributed by atoms with Crippen molar-refractivity contribution in [3.05, 3.63) is 52.0 Å². The summed E-state index contributed by atoms with van der Waals surface area (Å²) in [4.78, 5) is 30.6. The fourth-order valence-corrected chi connectivity index (χ4v) is 6.55. The van der Waals surface area contributed by atoms with Gasteiger partial charge in [-0.05, 0) is 68.4 Å². The maximum Gasteiger partial charge on any atom is 0.330 e. The number of carboxylic acid groups (broad SMARTS) is 1. The number of carboxylic acids is 1. The van der Waals surface area contributed by atoms with E-state index in [-0.39, 0.29) is 6.42 Å². The zero-order valence-electron chi connectivity index (χ0n) is 20.6. The first kappa shape index (κ1) is 27.3. The summed E-state index contributed by atoms with van der Waals surface area (Å²) in [6, 6.07) is 10.7. The van der Waals surface area contributed by atoms with Crippen LogP contribution in [0.2, 0.25) is 10.0 Å². The zero-order chi connectivity index (χ0) is 26.9. The van der Waals surface area contributed by atoms with Gasteiger partial charge in [0.25, 0.3) is 0 Å². The van der Waals surface area contributed by atoms with E-state index in [1.807, 2.05) is 12.1 Å². The number of aliphatic carboxylic acids is 1. The van der Waals surface area contributed by atoms with Crippen molar-refractivity contribution in [3.63, 3.8) is 0 Å². The summed E-state index contributed by atoms with van der Waals surface area (Å²) >= 11 is 14.2. The maximum absolute atomic E-state index is 16.4. The minimum atomic E-state index is -2.55. The number of likely N-dealkylation sites (tertiary alicyclic amines) is 1. The van der Waals surface area contributed by atoms with Crippen molar-refractivity contribution < 1.29 is 23.8 Å². The van der Waals surface area contributed by atoms with Crippen LogP contribution in [0.1, 0.15) is 44.1 Å². The number of rotatable bonds is 9. The SMILES string of the molecule is O=C(O)C1CCC(OC(F)(C(=O)Cc2ccc(Nc3nc4c(Cl)cccc4s3)c(Cl)c2)N2CCCC2)CC1. The molecule has 2 fully saturated rings. The van der Waals surface area contributed by atoms with Gasteiger partial charge in [-0.25, -0.2) is 9.88 Å². The highest BCUT2D eigenvalue weighted by atomic mass is 35.5. The molecule has 2 aromatic carbocycles. The number of nitrogens with one attached hydrogen (secondary N) is 1. The summed E-state index contributed by atoms with van der Waals surface area (Å²) in [5, 5.41) is 14.0. The molecular formula is C27H28Cl2FN3O4S. The summed E-state index contributed by atoms with van der Waals surface area (Å²) in [5.41, 5.74) is 1.88. The van der Waals surface area contributed by atoms with Crippen molar-refractivity contribution in [1.82, 2.24) is 9.88 Å². The van der Waals surface area contributed by atoms with Crippen LogP contribution in [-0.4, -0.2) is 51.9 Å². The van der Waals surface area contributed by atoms with Crippen molar-refractivity contribution in [2.24, 2.45) is 5.92 Å². The minimum absolute atomic E-state index is 0.186. The van der Waals surface area contributed by atoms with Gasteiger partial charge < -0.3 is 15.2 Å². The van der Waals surface area contributed by atoms with Crippen molar-refractivity contribution in [2.45, 2.75) is 57.0 Å². The van der Waals surface area contributed by atoms with Crippen LogP contribution in [-0.2, 0) is 20.7 Å². The van der Waals surface area contributed by atoms with Crippen molar-refractivity contribution >= 4 is 67.3 Å². The number of benzene rings is 2. The average molecular weight is 581 g/mol. The normalized spacial score (nSPS) is 21.9. The molecule has 1 saturated carbocycles. The van der Waals surface area contributed by atoms with Crippen LogP contribution in [0.15, 0.2) is 36.4 Å². The van der Waals surface area contributed by atoms with E-state index < -0.39 is 29.8 Å². The number of alkyl halides is 1. The van der Waals surface area contributed by atoms with E-state index in [0.29, 0.717) is 70.7 Å². The van der Waals surface area contributed by atoms with Crippen LogP contribution in [0, 0.1) is 5.92 Å². The Labute approximate surface area is 233 Å². The maximum atomic E-state index is 16.4. The number of fused-ring (bicyclic) bond motifs is 1. The lowest BCUT2D eigenvalue weighted by molar-refractivity contribution is -0.252. The van der Waals surface area contributed by atoms with Gasteiger partial charge >= 0.3 is 11.9 Å². The quantitative estimate of drug-likeness (QED) is 0.268. The molecule has 2 heterocycles. The number of carbonyl (C=O) groups is 2. The predicted molar refractivity (Wildman–Crippen MR) is 147 cm³/mol. The predicted octanol–water partition coefficient (Wildman–Crippen LogP) is 6.84. The number of Topliss-reactive ketones (excluding diaryl/α,β-unsaturated/α-hetero) is 1. The molecule has 11 heteroatoms. The molecule has 202 valence electrons. The third-order valence-corrected chi connectivity index (χ3v) is 8.77. The number of hydrogen-bond acceptors (Lipinski definition) is 7. The number of aromatic nitrogens is 1. The van der Waals surface area contributed by atoms with Gasteiger partial charge in [0.05, 0.1) is 32.5 Å². The molecule has 1 saturated heterocycles. The van der Waals surface area contributed by atoms with Crippen LogP contribution in [0.4, 0.5) is 15.2 Å². The van der Waals surface area contributed by atoms with Gasteiger partial charge in [0, 0.05) is 19.5 Å². The molecule has 0 spiro atoms. The summed E-state index contributed by atoms with van der Waals surface area (Å²) in [7, 11) is 0. The highest BCUT2D eigenvalue weighted by molar-refractivity contribution is 7.22. The Morgan fingerprint density at radius 1 is 1.13 bits per heavy atom. The van der Waals surface area contributed by atoms with Gasteiger partial charge in [-0.1, -0.05) is 46.7 Å². The number of thiazole rings is 1. The topological polar surface area (TPSA) is 91.8 Å². The number of para-hydroxylation sites is 1. The number of ketones is 1. The first-order valence-corrected chi connectivity index (χ1v) is 14.3. The Bertz CT molecular complexity index is 1340. The molecule has 3 aromatic rings. The van der Waals surface area contributed by atoms with E-state index in [9.17, 15) is 14.7 Å². The Kier molecular flexibility index (Phi) is 8.21. The second-order valence-corrected chi connectivity index (χ2v) is 11.7. The van der Waals surface area contributed by atoms with Crippen LogP contribution >= 0.6 is 34.5 Å². The number of carbonyl (C=O) groups excluding carboxylic acids is 1. The number of nitrogens with zero attached hydrogens (tertiary/aromatic N) is 2. The number of ether oxygens (including phenoxy) is 1. The summed E-state index contributed by atoms with van der Waals surface area (Å²) in [5.74, 6) is -4.52. The molecule has 1 aliphatic carbocycles. The molecule has 38 heavy (non-hydrogen) atoms. The van der Waals surface area contributed by atoms with Gasteiger partial charge in [0.1, 0.15) is 5.52 Å². The van der Waals surface area contributed by atoms with Crippen LogP contribution in [0.3, 0.4) is 0 Å². The molecule has 1 unspecified atom stereocenters. The Morgan fingerprint density at radius 2 is 1.87 bits per heavy atom. The zero-order valence-corrected chi connectivity index (χ0v) is 22.9. The van der Waals surface area contributed by atoms with Crippen molar-refractivity contribution in [2.75, 3.05) is 18.4 Å². The first-order valence-electron chi connectivity index (χ1n) is 12.7. The Morgan fingerprint density at radius 3 is 2.53 bits per heavy atom. The Balaban J connectivity index is 1.28.